The van der Waals surface area contributed by atoms with Gasteiger partial charge in [-0.1, -0.05) is 18.2 Å². The first-order valence-corrected chi connectivity index (χ1v) is 9.19. The lowest BCUT2D eigenvalue weighted by Crippen LogP contribution is -2.28. The van der Waals surface area contributed by atoms with Crippen LogP contribution in [-0.4, -0.2) is 31.4 Å². The number of carbonyl (C=O) groups excluding carboxylic acids is 3. The summed E-state index contributed by atoms with van der Waals surface area (Å²) in [5.41, 5.74) is 1.67. The van der Waals surface area contributed by atoms with Crippen LogP contribution in [-0.2, 0) is 9.59 Å². The average Bonchev–Trinajstić information content (AvgIpc) is 3.53. The highest BCUT2D eigenvalue weighted by Crippen LogP contribution is 2.30. The van der Waals surface area contributed by atoms with E-state index in [-0.39, 0.29) is 36.6 Å². The van der Waals surface area contributed by atoms with Crippen molar-refractivity contribution in [3.8, 4) is 5.75 Å². The second-order valence-corrected chi connectivity index (χ2v) is 6.60. The zero-order chi connectivity index (χ0) is 19.9. The van der Waals surface area contributed by atoms with Crippen molar-refractivity contribution in [3.63, 3.8) is 0 Å². The third-order valence-corrected chi connectivity index (χ3v) is 4.35. The Labute approximate surface area is 163 Å². The number of benzene rings is 2. The number of anilines is 2. The van der Waals surface area contributed by atoms with Crippen LogP contribution in [0.15, 0.2) is 48.5 Å². The summed E-state index contributed by atoms with van der Waals surface area (Å²) >= 11 is 0. The fourth-order valence-corrected chi connectivity index (χ4v) is 2.71. The summed E-state index contributed by atoms with van der Waals surface area (Å²) in [4.78, 5) is 36.2. The number of para-hydroxylation sites is 1. The molecule has 0 heterocycles. The summed E-state index contributed by atoms with van der Waals surface area (Å²) in [5.74, 6) is 0.0863. The number of nitrogens with one attached hydrogen (secondary N) is 3. The van der Waals surface area contributed by atoms with Crippen LogP contribution < -0.4 is 20.7 Å². The smallest absolute Gasteiger partial charge is 0.255 e. The summed E-state index contributed by atoms with van der Waals surface area (Å²) in [7, 11) is 1.50. The summed E-state index contributed by atoms with van der Waals surface area (Å²) < 4.78 is 5.16. The van der Waals surface area contributed by atoms with E-state index in [4.69, 9.17) is 4.74 Å². The van der Waals surface area contributed by atoms with Crippen LogP contribution in [0.3, 0.4) is 0 Å². The third-order valence-electron chi connectivity index (χ3n) is 4.35. The summed E-state index contributed by atoms with van der Waals surface area (Å²) in [5, 5.41) is 8.33. The molecular weight excluding hydrogens is 358 g/mol. The Morgan fingerprint density at radius 3 is 2.43 bits per heavy atom. The van der Waals surface area contributed by atoms with Crippen LogP contribution in [0.25, 0.3) is 0 Å². The fourth-order valence-electron chi connectivity index (χ4n) is 2.71. The number of carbonyl (C=O) groups is 3. The Kier molecular flexibility index (Phi) is 6.26. The van der Waals surface area contributed by atoms with Crippen LogP contribution in [0.2, 0.25) is 0 Å². The van der Waals surface area contributed by atoms with Crippen LogP contribution in [0.4, 0.5) is 11.4 Å². The molecule has 3 amide bonds. The minimum atomic E-state index is -0.296. The maximum absolute atomic E-state index is 12.2. The second kappa shape index (κ2) is 9.03. The second-order valence-electron chi connectivity index (χ2n) is 6.60. The van der Waals surface area contributed by atoms with Gasteiger partial charge in [0, 0.05) is 30.3 Å². The topological polar surface area (TPSA) is 96.5 Å². The van der Waals surface area contributed by atoms with Gasteiger partial charge in [-0.2, -0.15) is 0 Å². The van der Waals surface area contributed by atoms with Gasteiger partial charge in [-0.05, 0) is 43.2 Å². The predicted octanol–water partition coefficient (Wildman–Crippen LogP) is 2.80. The van der Waals surface area contributed by atoms with Gasteiger partial charge in [-0.25, -0.2) is 0 Å². The van der Waals surface area contributed by atoms with Crippen molar-refractivity contribution < 1.29 is 19.1 Å². The Balaban J connectivity index is 1.46. The molecule has 3 N–H and O–H groups in total. The molecule has 2 aromatic carbocycles. The maximum atomic E-state index is 12.2. The molecule has 3 rings (SSSR count). The lowest BCUT2D eigenvalue weighted by Gasteiger charge is -2.10. The summed E-state index contributed by atoms with van der Waals surface area (Å²) in [6.07, 6.45) is 1.99. The molecule has 7 nitrogen and oxygen atoms in total. The van der Waals surface area contributed by atoms with E-state index in [9.17, 15) is 14.4 Å². The van der Waals surface area contributed by atoms with E-state index in [1.165, 1.54) is 7.11 Å². The normalized spacial score (nSPS) is 12.8. The molecule has 1 aliphatic carbocycles. The third kappa shape index (κ3) is 5.33. The van der Waals surface area contributed by atoms with Crippen LogP contribution in [0.5, 0.6) is 5.75 Å². The monoisotopic (exact) mass is 381 g/mol. The Morgan fingerprint density at radius 1 is 1.00 bits per heavy atom. The zero-order valence-electron chi connectivity index (χ0n) is 15.7. The van der Waals surface area contributed by atoms with Gasteiger partial charge < -0.3 is 20.7 Å². The Hall–Kier alpha value is -3.35. The molecule has 2 aromatic rings. The molecule has 7 heteroatoms. The first kappa shape index (κ1) is 19.4. The minimum Gasteiger partial charge on any atom is -0.496 e. The van der Waals surface area contributed by atoms with Crippen LogP contribution in [0, 0.1) is 5.92 Å². The molecule has 28 heavy (non-hydrogen) atoms. The molecular formula is C21H23N3O4. The van der Waals surface area contributed by atoms with E-state index in [2.05, 4.69) is 16.0 Å². The van der Waals surface area contributed by atoms with Gasteiger partial charge in [0.25, 0.3) is 5.91 Å². The summed E-state index contributed by atoms with van der Waals surface area (Å²) in [6, 6.07) is 13.9. The van der Waals surface area contributed by atoms with Crippen molar-refractivity contribution in [1.29, 1.82) is 0 Å². The quantitative estimate of drug-likeness (QED) is 0.655. The SMILES string of the molecule is COc1ccccc1C(=O)NCCC(=O)Nc1cccc(NC(=O)C2CC2)c1. The van der Waals surface area contributed by atoms with Gasteiger partial charge in [-0.3, -0.25) is 14.4 Å². The first-order valence-electron chi connectivity index (χ1n) is 9.19. The largest absolute Gasteiger partial charge is 0.496 e. The number of amides is 3. The van der Waals surface area contributed by atoms with E-state index in [0.29, 0.717) is 22.7 Å². The number of hydrogen-bond donors (Lipinski definition) is 3. The fraction of sp³-hybridized carbons (Fsp3) is 0.286. The van der Waals surface area contributed by atoms with Gasteiger partial charge in [-0.15, -0.1) is 0 Å². The van der Waals surface area contributed by atoms with Crippen molar-refractivity contribution in [2.75, 3.05) is 24.3 Å². The van der Waals surface area contributed by atoms with Gasteiger partial charge in [0.2, 0.25) is 11.8 Å². The molecule has 0 atom stereocenters. The highest BCUT2D eigenvalue weighted by molar-refractivity contribution is 5.98. The zero-order valence-corrected chi connectivity index (χ0v) is 15.7. The van der Waals surface area contributed by atoms with Gasteiger partial charge in [0.05, 0.1) is 12.7 Å². The van der Waals surface area contributed by atoms with Crippen molar-refractivity contribution in [2.45, 2.75) is 19.3 Å². The summed E-state index contributed by atoms with van der Waals surface area (Å²) in [6.45, 7) is 0.195. The van der Waals surface area contributed by atoms with E-state index in [0.717, 1.165) is 12.8 Å². The van der Waals surface area contributed by atoms with Crippen molar-refractivity contribution in [3.05, 3.63) is 54.1 Å². The molecule has 0 unspecified atom stereocenters. The van der Waals surface area contributed by atoms with Gasteiger partial charge in [0.15, 0.2) is 0 Å². The maximum Gasteiger partial charge on any atom is 0.255 e. The first-order chi connectivity index (χ1) is 13.6. The van der Waals surface area contributed by atoms with E-state index < -0.39 is 0 Å². The molecule has 1 aliphatic rings. The predicted molar refractivity (Wildman–Crippen MR) is 106 cm³/mol. The standard InChI is InChI=1S/C21H23N3O4/c1-28-18-8-3-2-7-17(18)21(27)22-12-11-19(25)23-15-5-4-6-16(13-15)24-20(26)14-9-10-14/h2-8,13-14H,9-12H2,1H3,(H,22,27)(H,23,25)(H,24,26). The lowest BCUT2D eigenvalue weighted by molar-refractivity contribution is -0.117. The molecule has 0 aliphatic heterocycles. The highest BCUT2D eigenvalue weighted by Gasteiger charge is 2.29. The van der Waals surface area contributed by atoms with Crippen LogP contribution in [0.1, 0.15) is 29.6 Å². The molecule has 0 aromatic heterocycles. The van der Waals surface area contributed by atoms with Gasteiger partial charge >= 0.3 is 0 Å². The lowest BCUT2D eigenvalue weighted by atomic mass is 10.2. The molecule has 1 saturated carbocycles. The van der Waals surface area contributed by atoms with E-state index in [1.54, 1.807) is 48.5 Å². The van der Waals surface area contributed by atoms with Crippen molar-refractivity contribution in [2.24, 2.45) is 5.92 Å². The molecule has 146 valence electrons. The average molecular weight is 381 g/mol. The number of rotatable bonds is 8. The number of ether oxygens (including phenoxy) is 1. The molecule has 0 bridgehead atoms. The Bertz CT molecular complexity index is 877. The number of hydrogen-bond acceptors (Lipinski definition) is 4. The van der Waals surface area contributed by atoms with E-state index >= 15 is 0 Å². The van der Waals surface area contributed by atoms with Crippen molar-refractivity contribution >= 4 is 29.1 Å². The highest BCUT2D eigenvalue weighted by atomic mass is 16.5. The Morgan fingerprint density at radius 2 is 1.71 bits per heavy atom. The van der Waals surface area contributed by atoms with Crippen LogP contribution >= 0.6 is 0 Å². The molecule has 1 fully saturated rings. The molecule has 0 radical (unpaired) electrons. The van der Waals surface area contributed by atoms with E-state index in [1.807, 2.05) is 0 Å². The van der Waals surface area contributed by atoms with Crippen molar-refractivity contribution in [1.82, 2.24) is 5.32 Å². The minimum absolute atomic E-state index is 0.0162. The number of methoxy groups -OCH3 is 1. The molecule has 0 saturated heterocycles. The van der Waals surface area contributed by atoms with Gasteiger partial charge in [0.1, 0.15) is 5.75 Å². The molecule has 0 spiro atoms.